The van der Waals surface area contributed by atoms with E-state index in [1.807, 2.05) is 6.08 Å². The van der Waals surface area contributed by atoms with Gasteiger partial charge in [-0.1, -0.05) is 33.8 Å². The van der Waals surface area contributed by atoms with Crippen molar-refractivity contribution in [3.05, 3.63) is 12.7 Å². The van der Waals surface area contributed by atoms with Crippen LogP contribution in [-0.4, -0.2) is 12.6 Å². The Labute approximate surface area is 77.2 Å². The van der Waals surface area contributed by atoms with Crippen LogP contribution in [0.3, 0.4) is 0 Å². The molecule has 0 aliphatic heterocycles. The van der Waals surface area contributed by atoms with Gasteiger partial charge in [-0.05, 0) is 24.8 Å². The predicted octanol–water partition coefficient (Wildman–Crippen LogP) is 2.98. The van der Waals surface area contributed by atoms with Crippen molar-refractivity contribution in [2.45, 2.75) is 46.6 Å². The molecule has 1 unspecified atom stereocenters. The summed E-state index contributed by atoms with van der Waals surface area (Å²) in [7, 11) is 0. The lowest BCUT2D eigenvalue weighted by Gasteiger charge is -2.24. The molecule has 1 N–H and O–H groups in total. The molecule has 0 aliphatic rings. The fourth-order valence-corrected chi connectivity index (χ4v) is 1.23. The molecule has 1 nitrogen and oxygen atoms in total. The van der Waals surface area contributed by atoms with E-state index in [1.165, 1.54) is 6.42 Å². The molecule has 0 radical (unpaired) electrons. The highest BCUT2D eigenvalue weighted by Gasteiger charge is 2.15. The molecule has 0 fully saturated rings. The molecule has 0 aliphatic carbocycles. The van der Waals surface area contributed by atoms with E-state index >= 15 is 0 Å². The van der Waals surface area contributed by atoms with Gasteiger partial charge >= 0.3 is 0 Å². The Morgan fingerprint density at radius 1 is 1.42 bits per heavy atom. The fraction of sp³-hybridized carbons (Fsp3) is 0.818. The van der Waals surface area contributed by atoms with Gasteiger partial charge in [0.25, 0.3) is 0 Å². The number of hydrogen-bond acceptors (Lipinski definition) is 1. The molecule has 0 amide bonds. The first-order valence-corrected chi connectivity index (χ1v) is 4.85. The lowest BCUT2D eigenvalue weighted by atomic mass is 9.88. The van der Waals surface area contributed by atoms with Crippen LogP contribution in [0.5, 0.6) is 0 Å². The van der Waals surface area contributed by atoms with Crippen LogP contribution in [0, 0.1) is 5.41 Å². The normalized spacial score (nSPS) is 14.3. The topological polar surface area (TPSA) is 12.0 Å². The highest BCUT2D eigenvalue weighted by Crippen LogP contribution is 2.20. The Bertz CT molecular complexity index is 121. The van der Waals surface area contributed by atoms with Gasteiger partial charge in [-0.2, -0.15) is 0 Å². The first kappa shape index (κ1) is 11.7. The van der Waals surface area contributed by atoms with E-state index in [1.54, 1.807) is 0 Å². The molecule has 0 saturated carbocycles. The molecular weight excluding hydrogens is 146 g/mol. The van der Waals surface area contributed by atoms with Crippen molar-refractivity contribution in [3.63, 3.8) is 0 Å². The lowest BCUT2D eigenvalue weighted by Crippen LogP contribution is -2.31. The van der Waals surface area contributed by atoms with Crippen LogP contribution in [0.25, 0.3) is 0 Å². The van der Waals surface area contributed by atoms with Crippen molar-refractivity contribution >= 4 is 0 Å². The first-order chi connectivity index (χ1) is 5.49. The zero-order valence-electron chi connectivity index (χ0n) is 8.98. The van der Waals surface area contributed by atoms with E-state index in [0.29, 0.717) is 11.5 Å². The summed E-state index contributed by atoms with van der Waals surface area (Å²) in [5.74, 6) is 0. The molecule has 0 aromatic carbocycles. The highest BCUT2D eigenvalue weighted by atomic mass is 14.9. The average Bonchev–Trinajstić information content (AvgIpc) is 1.95. The summed E-state index contributed by atoms with van der Waals surface area (Å²) >= 11 is 0. The quantitative estimate of drug-likeness (QED) is 0.624. The second kappa shape index (κ2) is 5.36. The Morgan fingerprint density at radius 3 is 2.33 bits per heavy atom. The van der Waals surface area contributed by atoms with E-state index < -0.39 is 0 Å². The summed E-state index contributed by atoms with van der Waals surface area (Å²) in [5.41, 5.74) is 0.388. The Kier molecular flexibility index (Phi) is 5.23. The SMILES string of the molecule is C=CC(CC(C)(C)C)NCCC. The van der Waals surface area contributed by atoms with E-state index in [4.69, 9.17) is 0 Å². The molecule has 0 rings (SSSR count). The van der Waals surface area contributed by atoms with Crippen LogP contribution in [-0.2, 0) is 0 Å². The number of rotatable bonds is 5. The summed E-state index contributed by atoms with van der Waals surface area (Å²) in [6.07, 6.45) is 4.37. The molecule has 0 aromatic rings. The predicted molar refractivity (Wildman–Crippen MR) is 56.4 cm³/mol. The maximum Gasteiger partial charge on any atom is 0.0252 e. The van der Waals surface area contributed by atoms with Crippen LogP contribution in [0.15, 0.2) is 12.7 Å². The maximum atomic E-state index is 3.84. The summed E-state index contributed by atoms with van der Waals surface area (Å²) in [4.78, 5) is 0. The monoisotopic (exact) mass is 169 g/mol. The van der Waals surface area contributed by atoms with Gasteiger partial charge in [0.05, 0.1) is 0 Å². The number of nitrogens with one attached hydrogen (secondary N) is 1. The van der Waals surface area contributed by atoms with E-state index in [-0.39, 0.29) is 0 Å². The van der Waals surface area contributed by atoms with Crippen molar-refractivity contribution in [1.82, 2.24) is 5.32 Å². The Hall–Kier alpha value is -0.300. The van der Waals surface area contributed by atoms with Crippen molar-refractivity contribution in [3.8, 4) is 0 Å². The molecule has 0 bridgehead atoms. The summed E-state index contributed by atoms with van der Waals surface area (Å²) in [5, 5.41) is 3.46. The third-order valence-electron chi connectivity index (χ3n) is 1.77. The molecule has 72 valence electrons. The van der Waals surface area contributed by atoms with Gasteiger partial charge in [0, 0.05) is 6.04 Å². The van der Waals surface area contributed by atoms with Crippen molar-refractivity contribution < 1.29 is 0 Å². The molecular formula is C11H23N. The zero-order chi connectivity index (χ0) is 9.61. The summed E-state index contributed by atoms with van der Waals surface area (Å²) in [6, 6.07) is 0.477. The average molecular weight is 169 g/mol. The first-order valence-electron chi connectivity index (χ1n) is 4.85. The minimum absolute atomic E-state index is 0.388. The second-order valence-corrected chi connectivity index (χ2v) is 4.56. The Morgan fingerprint density at radius 2 is 2.00 bits per heavy atom. The smallest absolute Gasteiger partial charge is 0.0252 e. The van der Waals surface area contributed by atoms with Crippen LogP contribution < -0.4 is 5.32 Å². The molecule has 1 heteroatoms. The van der Waals surface area contributed by atoms with Crippen molar-refractivity contribution in [1.29, 1.82) is 0 Å². The van der Waals surface area contributed by atoms with Gasteiger partial charge < -0.3 is 5.32 Å². The number of hydrogen-bond donors (Lipinski definition) is 1. The summed E-state index contributed by atoms with van der Waals surface area (Å²) < 4.78 is 0. The lowest BCUT2D eigenvalue weighted by molar-refractivity contribution is 0.335. The zero-order valence-corrected chi connectivity index (χ0v) is 8.98. The summed E-state index contributed by atoms with van der Waals surface area (Å²) in [6.45, 7) is 13.9. The second-order valence-electron chi connectivity index (χ2n) is 4.56. The molecule has 1 atom stereocenters. The third-order valence-corrected chi connectivity index (χ3v) is 1.77. The minimum Gasteiger partial charge on any atom is -0.311 e. The van der Waals surface area contributed by atoms with Gasteiger partial charge in [-0.15, -0.1) is 6.58 Å². The molecule has 0 saturated heterocycles. The molecule has 0 aromatic heterocycles. The fourth-order valence-electron chi connectivity index (χ4n) is 1.23. The Balaban J connectivity index is 3.75. The van der Waals surface area contributed by atoms with E-state index in [9.17, 15) is 0 Å². The van der Waals surface area contributed by atoms with Crippen LogP contribution >= 0.6 is 0 Å². The van der Waals surface area contributed by atoms with E-state index in [0.717, 1.165) is 13.0 Å². The van der Waals surface area contributed by atoms with Crippen molar-refractivity contribution in [2.24, 2.45) is 5.41 Å². The van der Waals surface area contributed by atoms with Crippen LogP contribution in [0.1, 0.15) is 40.5 Å². The maximum absolute atomic E-state index is 3.84. The van der Waals surface area contributed by atoms with Crippen LogP contribution in [0.4, 0.5) is 0 Å². The van der Waals surface area contributed by atoms with Gasteiger partial charge in [0.1, 0.15) is 0 Å². The van der Waals surface area contributed by atoms with Crippen LogP contribution in [0.2, 0.25) is 0 Å². The van der Waals surface area contributed by atoms with Gasteiger partial charge in [-0.3, -0.25) is 0 Å². The molecule has 12 heavy (non-hydrogen) atoms. The van der Waals surface area contributed by atoms with Gasteiger partial charge in [0.2, 0.25) is 0 Å². The standard InChI is InChI=1S/C11H23N/c1-6-8-12-10(7-2)9-11(3,4)5/h7,10,12H,2,6,8-9H2,1,3-5H3. The molecule has 0 spiro atoms. The minimum atomic E-state index is 0.388. The van der Waals surface area contributed by atoms with Crippen molar-refractivity contribution in [2.75, 3.05) is 6.54 Å². The molecule has 0 heterocycles. The van der Waals surface area contributed by atoms with Gasteiger partial charge in [-0.25, -0.2) is 0 Å². The van der Waals surface area contributed by atoms with E-state index in [2.05, 4.69) is 39.6 Å². The largest absolute Gasteiger partial charge is 0.311 e. The third kappa shape index (κ3) is 6.41. The highest BCUT2D eigenvalue weighted by molar-refractivity contribution is 4.88. The van der Waals surface area contributed by atoms with Gasteiger partial charge in [0.15, 0.2) is 0 Å².